The molecule has 11 heavy (non-hydrogen) atoms. The van der Waals surface area contributed by atoms with Gasteiger partial charge in [0.15, 0.2) is 0 Å². The van der Waals surface area contributed by atoms with Crippen LogP contribution in [0.1, 0.15) is 39.0 Å². The van der Waals surface area contributed by atoms with Crippen molar-refractivity contribution in [1.29, 1.82) is 0 Å². The smallest absolute Gasteiger partial charge is 0.306 e. The summed E-state index contributed by atoms with van der Waals surface area (Å²) in [5.74, 6) is 0.156. The highest BCUT2D eigenvalue weighted by Crippen LogP contribution is 2.30. The molecule has 1 saturated carbocycles. The largest absolute Gasteiger partial charge is 0.481 e. The topological polar surface area (TPSA) is 37.3 Å². The molecule has 0 saturated heterocycles. The van der Waals surface area contributed by atoms with Gasteiger partial charge in [-0.1, -0.05) is 13.3 Å². The zero-order valence-electron chi connectivity index (χ0n) is 7.05. The summed E-state index contributed by atoms with van der Waals surface area (Å²) in [7, 11) is 0. The maximum atomic E-state index is 10.5. The van der Waals surface area contributed by atoms with Gasteiger partial charge in [0, 0.05) is 0 Å². The molecule has 0 atom stereocenters. The molecule has 0 spiro atoms. The Hall–Kier alpha value is -0.530. The summed E-state index contributed by atoms with van der Waals surface area (Å²) in [5, 5.41) is 8.70. The van der Waals surface area contributed by atoms with Crippen LogP contribution in [0.25, 0.3) is 0 Å². The zero-order chi connectivity index (χ0) is 8.27. The van der Waals surface area contributed by atoms with Gasteiger partial charge in [0.25, 0.3) is 0 Å². The van der Waals surface area contributed by atoms with Crippen LogP contribution in [-0.2, 0) is 4.79 Å². The predicted octanol–water partition coefficient (Wildman–Crippen LogP) is 2.29. The van der Waals surface area contributed by atoms with Crippen molar-refractivity contribution in [3.8, 4) is 0 Å². The molecule has 0 amide bonds. The van der Waals surface area contributed by atoms with Gasteiger partial charge in [0.2, 0.25) is 0 Å². The standard InChI is InChI=1S/C9H16O2/c1-2-7-3-5-8(6-4-7)9(10)11/h7-8H,2-6H2,1H3,(H,10,11). The van der Waals surface area contributed by atoms with Gasteiger partial charge in [-0.05, 0) is 31.6 Å². The fraction of sp³-hybridized carbons (Fsp3) is 0.889. The van der Waals surface area contributed by atoms with Crippen molar-refractivity contribution in [3.05, 3.63) is 0 Å². The lowest BCUT2D eigenvalue weighted by Crippen LogP contribution is -2.20. The molecular weight excluding hydrogens is 140 g/mol. The van der Waals surface area contributed by atoms with Crippen molar-refractivity contribution in [2.75, 3.05) is 0 Å². The summed E-state index contributed by atoms with van der Waals surface area (Å²) in [6, 6.07) is 0. The molecule has 0 aromatic heterocycles. The number of hydrogen-bond acceptors (Lipinski definition) is 1. The highest BCUT2D eigenvalue weighted by Gasteiger charge is 2.24. The van der Waals surface area contributed by atoms with Crippen LogP contribution < -0.4 is 0 Å². The van der Waals surface area contributed by atoms with Crippen LogP contribution in [-0.4, -0.2) is 11.1 Å². The van der Waals surface area contributed by atoms with Crippen LogP contribution in [0.4, 0.5) is 0 Å². The molecule has 2 heteroatoms. The maximum absolute atomic E-state index is 10.5. The third-order valence-corrected chi connectivity index (χ3v) is 2.77. The Kier molecular flexibility index (Phi) is 2.92. The van der Waals surface area contributed by atoms with E-state index in [1.54, 1.807) is 0 Å². The average molecular weight is 156 g/mol. The first-order chi connectivity index (χ1) is 5.24. The van der Waals surface area contributed by atoms with E-state index in [2.05, 4.69) is 6.92 Å². The number of rotatable bonds is 2. The summed E-state index contributed by atoms with van der Waals surface area (Å²) < 4.78 is 0. The van der Waals surface area contributed by atoms with Gasteiger partial charge in [-0.2, -0.15) is 0 Å². The van der Waals surface area contributed by atoms with Crippen molar-refractivity contribution in [2.45, 2.75) is 39.0 Å². The number of aliphatic carboxylic acids is 1. The van der Waals surface area contributed by atoms with Crippen molar-refractivity contribution in [2.24, 2.45) is 11.8 Å². The molecule has 0 aromatic carbocycles. The van der Waals surface area contributed by atoms with Crippen LogP contribution in [0.5, 0.6) is 0 Å². The van der Waals surface area contributed by atoms with E-state index in [-0.39, 0.29) is 5.92 Å². The summed E-state index contributed by atoms with van der Waals surface area (Å²) in [4.78, 5) is 10.5. The molecule has 0 bridgehead atoms. The molecule has 1 fully saturated rings. The quantitative estimate of drug-likeness (QED) is 0.666. The summed E-state index contributed by atoms with van der Waals surface area (Å²) in [5.41, 5.74) is 0. The van der Waals surface area contributed by atoms with E-state index in [4.69, 9.17) is 5.11 Å². The van der Waals surface area contributed by atoms with Gasteiger partial charge < -0.3 is 5.11 Å². The first-order valence-electron chi connectivity index (χ1n) is 4.46. The highest BCUT2D eigenvalue weighted by molar-refractivity contribution is 5.69. The molecule has 2 nitrogen and oxygen atoms in total. The molecule has 0 radical (unpaired) electrons. The lowest BCUT2D eigenvalue weighted by molar-refractivity contribution is -0.143. The van der Waals surface area contributed by atoms with Crippen molar-refractivity contribution >= 4 is 5.97 Å². The lowest BCUT2D eigenvalue weighted by atomic mass is 9.81. The minimum absolute atomic E-state index is 0.0437. The molecule has 0 unspecified atom stereocenters. The van der Waals surface area contributed by atoms with E-state index in [0.717, 1.165) is 31.6 Å². The average Bonchev–Trinajstić information content (AvgIpc) is 2.05. The SMILES string of the molecule is CCC1CCC(C(=O)O)CC1. The molecule has 1 aliphatic rings. The monoisotopic (exact) mass is 156 g/mol. The third-order valence-electron chi connectivity index (χ3n) is 2.77. The van der Waals surface area contributed by atoms with E-state index in [9.17, 15) is 4.79 Å². The number of carbonyl (C=O) groups is 1. The highest BCUT2D eigenvalue weighted by atomic mass is 16.4. The molecule has 0 aromatic rings. The fourth-order valence-electron chi connectivity index (χ4n) is 1.82. The molecule has 64 valence electrons. The van der Waals surface area contributed by atoms with Crippen molar-refractivity contribution in [1.82, 2.24) is 0 Å². The van der Waals surface area contributed by atoms with Crippen LogP contribution in [0.3, 0.4) is 0 Å². The lowest BCUT2D eigenvalue weighted by Gasteiger charge is -2.24. The summed E-state index contributed by atoms with van der Waals surface area (Å²) in [6.07, 6.45) is 5.24. The molecule has 0 aliphatic heterocycles. The Labute approximate surface area is 67.6 Å². The van der Waals surface area contributed by atoms with E-state index in [0.29, 0.717) is 0 Å². The first-order valence-corrected chi connectivity index (χ1v) is 4.46. The number of hydrogen-bond donors (Lipinski definition) is 1. The summed E-state index contributed by atoms with van der Waals surface area (Å²) in [6.45, 7) is 2.19. The zero-order valence-corrected chi connectivity index (χ0v) is 7.05. The summed E-state index contributed by atoms with van der Waals surface area (Å²) >= 11 is 0. The second-order valence-corrected chi connectivity index (χ2v) is 3.46. The van der Waals surface area contributed by atoms with E-state index in [1.807, 2.05) is 0 Å². The van der Waals surface area contributed by atoms with Gasteiger partial charge >= 0.3 is 5.97 Å². The Morgan fingerprint density at radius 2 is 1.91 bits per heavy atom. The Morgan fingerprint density at radius 3 is 2.27 bits per heavy atom. The van der Waals surface area contributed by atoms with Gasteiger partial charge in [-0.25, -0.2) is 0 Å². The third kappa shape index (κ3) is 2.21. The van der Waals surface area contributed by atoms with Crippen LogP contribution in [0.2, 0.25) is 0 Å². The molecule has 1 N–H and O–H groups in total. The maximum Gasteiger partial charge on any atom is 0.306 e. The number of carboxylic acids is 1. The number of carboxylic acid groups (broad SMARTS) is 1. The second-order valence-electron chi connectivity index (χ2n) is 3.46. The van der Waals surface area contributed by atoms with Gasteiger partial charge in [-0.3, -0.25) is 4.79 Å². The van der Waals surface area contributed by atoms with E-state index < -0.39 is 5.97 Å². The van der Waals surface area contributed by atoms with Gasteiger partial charge in [0.05, 0.1) is 5.92 Å². The Morgan fingerprint density at radius 1 is 1.36 bits per heavy atom. The van der Waals surface area contributed by atoms with Crippen LogP contribution in [0.15, 0.2) is 0 Å². The molecule has 1 aliphatic carbocycles. The van der Waals surface area contributed by atoms with Gasteiger partial charge in [-0.15, -0.1) is 0 Å². The minimum Gasteiger partial charge on any atom is -0.481 e. The van der Waals surface area contributed by atoms with Crippen molar-refractivity contribution in [3.63, 3.8) is 0 Å². The molecule has 1 rings (SSSR count). The fourth-order valence-corrected chi connectivity index (χ4v) is 1.82. The molecular formula is C9H16O2. The van der Waals surface area contributed by atoms with E-state index >= 15 is 0 Å². The first kappa shape index (κ1) is 8.57. The second kappa shape index (κ2) is 3.74. The van der Waals surface area contributed by atoms with Crippen LogP contribution in [0, 0.1) is 11.8 Å². The Bertz CT molecular complexity index is 134. The normalized spacial score (nSPS) is 31.7. The van der Waals surface area contributed by atoms with Crippen LogP contribution >= 0.6 is 0 Å². The van der Waals surface area contributed by atoms with E-state index in [1.165, 1.54) is 6.42 Å². The minimum atomic E-state index is -0.598. The van der Waals surface area contributed by atoms with Crippen molar-refractivity contribution < 1.29 is 9.90 Å². The van der Waals surface area contributed by atoms with Gasteiger partial charge in [0.1, 0.15) is 0 Å². The predicted molar refractivity (Wildman–Crippen MR) is 43.4 cm³/mol. The Balaban J connectivity index is 2.30. The molecule has 0 heterocycles.